The minimum absolute atomic E-state index is 0.154. The van der Waals surface area contributed by atoms with E-state index in [1.165, 1.54) is 19.3 Å². The lowest BCUT2D eigenvalue weighted by atomic mass is 9.80. The fraction of sp³-hybridized carbons (Fsp3) is 0.769. The van der Waals surface area contributed by atoms with Crippen LogP contribution in [0.3, 0.4) is 0 Å². The highest BCUT2D eigenvalue weighted by Gasteiger charge is 2.48. The normalized spacial score (nSPS) is 38.3. The van der Waals surface area contributed by atoms with Crippen LogP contribution in [0.5, 0.6) is 0 Å². The van der Waals surface area contributed by atoms with Crippen molar-refractivity contribution < 1.29 is 4.79 Å². The highest BCUT2D eigenvalue weighted by Crippen LogP contribution is 2.48. The molecule has 0 aromatic heterocycles. The molecule has 0 aliphatic heterocycles. The minimum atomic E-state index is 0.154. The molecule has 2 aliphatic carbocycles. The van der Waals surface area contributed by atoms with Gasteiger partial charge in [-0.05, 0) is 44.4 Å². The summed E-state index contributed by atoms with van der Waals surface area (Å²) in [4.78, 5) is 12.0. The minimum Gasteiger partial charge on any atom is -0.327 e. The van der Waals surface area contributed by atoms with Crippen LogP contribution >= 0.6 is 0 Å². The third-order valence-electron chi connectivity index (χ3n) is 4.15. The summed E-state index contributed by atoms with van der Waals surface area (Å²) in [6.45, 7) is 5.82. The molecule has 2 aliphatic rings. The van der Waals surface area contributed by atoms with Crippen LogP contribution in [0.15, 0.2) is 12.2 Å². The average Bonchev–Trinajstić information content (AvgIpc) is 2.74. The van der Waals surface area contributed by atoms with Gasteiger partial charge in [-0.3, -0.25) is 4.79 Å². The quantitative estimate of drug-likeness (QED) is 0.719. The number of hydrogen-bond donors (Lipinski definition) is 1. The molecule has 2 fully saturated rings. The first-order valence-corrected chi connectivity index (χ1v) is 6.02. The maximum atomic E-state index is 12.0. The Morgan fingerprint density at radius 1 is 1.33 bits per heavy atom. The summed E-state index contributed by atoms with van der Waals surface area (Å²) in [6.07, 6.45) is 5.15. The molecule has 0 heterocycles. The highest BCUT2D eigenvalue weighted by atomic mass is 16.1. The fourth-order valence-electron chi connectivity index (χ4n) is 3.32. The average molecular weight is 207 g/mol. The molecule has 0 aromatic carbocycles. The van der Waals surface area contributed by atoms with Crippen LogP contribution in [0.2, 0.25) is 0 Å². The summed E-state index contributed by atoms with van der Waals surface area (Å²) >= 11 is 0. The maximum absolute atomic E-state index is 12.0. The molecular weight excluding hydrogens is 186 g/mol. The van der Waals surface area contributed by atoms with E-state index in [0.717, 1.165) is 12.0 Å². The Morgan fingerprint density at radius 2 is 2.00 bits per heavy atom. The molecule has 0 aromatic rings. The van der Waals surface area contributed by atoms with Gasteiger partial charge in [0.05, 0.1) is 0 Å². The lowest BCUT2D eigenvalue weighted by Gasteiger charge is -2.26. The van der Waals surface area contributed by atoms with Gasteiger partial charge in [0.1, 0.15) is 5.78 Å². The van der Waals surface area contributed by atoms with Gasteiger partial charge >= 0.3 is 0 Å². The van der Waals surface area contributed by atoms with E-state index in [0.29, 0.717) is 24.0 Å². The molecule has 2 rings (SSSR count). The standard InChI is InChI=1S/C13H21NO/c1-8(2)3-6-11(15)12-9-4-5-10(7-9)13(12)14/h9-10,12-13H,1,3-7,14H2,2H3. The summed E-state index contributed by atoms with van der Waals surface area (Å²) in [7, 11) is 0. The van der Waals surface area contributed by atoms with Crippen LogP contribution < -0.4 is 5.73 Å². The molecule has 2 saturated carbocycles. The van der Waals surface area contributed by atoms with Crippen molar-refractivity contribution in [1.29, 1.82) is 0 Å². The second-order valence-electron chi connectivity index (χ2n) is 5.36. The zero-order chi connectivity index (χ0) is 11.0. The van der Waals surface area contributed by atoms with E-state index in [4.69, 9.17) is 5.73 Å². The molecule has 2 bridgehead atoms. The molecule has 4 atom stereocenters. The predicted molar refractivity (Wildman–Crippen MR) is 61.4 cm³/mol. The van der Waals surface area contributed by atoms with E-state index in [9.17, 15) is 4.79 Å². The first-order valence-electron chi connectivity index (χ1n) is 6.02. The number of fused-ring (bicyclic) bond motifs is 2. The zero-order valence-electron chi connectivity index (χ0n) is 9.54. The molecule has 15 heavy (non-hydrogen) atoms. The van der Waals surface area contributed by atoms with E-state index in [1.807, 2.05) is 6.92 Å². The number of hydrogen-bond acceptors (Lipinski definition) is 2. The second kappa shape index (κ2) is 4.09. The number of carbonyl (C=O) groups excluding carboxylic acids is 1. The fourth-order valence-corrected chi connectivity index (χ4v) is 3.32. The van der Waals surface area contributed by atoms with Gasteiger partial charge in [0.2, 0.25) is 0 Å². The van der Waals surface area contributed by atoms with E-state index < -0.39 is 0 Å². The summed E-state index contributed by atoms with van der Waals surface area (Å²) in [5.41, 5.74) is 7.23. The van der Waals surface area contributed by atoms with Gasteiger partial charge in [-0.25, -0.2) is 0 Å². The Labute approximate surface area is 91.9 Å². The Kier molecular flexibility index (Phi) is 2.96. The second-order valence-corrected chi connectivity index (χ2v) is 5.36. The van der Waals surface area contributed by atoms with Crippen LogP contribution in [-0.4, -0.2) is 11.8 Å². The zero-order valence-corrected chi connectivity index (χ0v) is 9.54. The third-order valence-corrected chi connectivity index (χ3v) is 4.15. The van der Waals surface area contributed by atoms with E-state index in [-0.39, 0.29) is 12.0 Å². The lowest BCUT2D eigenvalue weighted by Crippen LogP contribution is -2.40. The van der Waals surface area contributed by atoms with E-state index in [2.05, 4.69) is 6.58 Å². The van der Waals surface area contributed by atoms with Crippen LogP contribution in [0.4, 0.5) is 0 Å². The lowest BCUT2D eigenvalue weighted by molar-refractivity contribution is -0.124. The van der Waals surface area contributed by atoms with Crippen molar-refractivity contribution in [2.24, 2.45) is 23.5 Å². The van der Waals surface area contributed by atoms with E-state index >= 15 is 0 Å². The van der Waals surface area contributed by atoms with Crippen molar-refractivity contribution in [2.45, 2.75) is 45.1 Å². The number of allylic oxidation sites excluding steroid dienone is 1. The number of nitrogens with two attached hydrogens (primary N) is 1. The van der Waals surface area contributed by atoms with Gasteiger partial charge in [-0.1, -0.05) is 5.57 Å². The van der Waals surface area contributed by atoms with Crippen molar-refractivity contribution in [3.05, 3.63) is 12.2 Å². The maximum Gasteiger partial charge on any atom is 0.138 e. The molecule has 2 nitrogen and oxygen atoms in total. The summed E-state index contributed by atoms with van der Waals surface area (Å²) < 4.78 is 0. The largest absolute Gasteiger partial charge is 0.327 e. The van der Waals surface area contributed by atoms with Crippen molar-refractivity contribution in [1.82, 2.24) is 0 Å². The first kappa shape index (κ1) is 10.9. The highest BCUT2D eigenvalue weighted by molar-refractivity contribution is 5.82. The third kappa shape index (κ3) is 2.00. The Bertz CT molecular complexity index is 282. The summed E-state index contributed by atoms with van der Waals surface area (Å²) in [5, 5.41) is 0. The summed E-state index contributed by atoms with van der Waals surface area (Å²) in [6, 6.07) is 0.154. The van der Waals surface area contributed by atoms with Gasteiger partial charge in [0, 0.05) is 18.4 Å². The van der Waals surface area contributed by atoms with Gasteiger partial charge in [-0.15, -0.1) is 6.58 Å². The molecule has 0 radical (unpaired) electrons. The smallest absolute Gasteiger partial charge is 0.138 e. The number of rotatable bonds is 4. The SMILES string of the molecule is C=C(C)CCC(=O)C1C2CCC(C2)C1N. The monoisotopic (exact) mass is 207 g/mol. The molecule has 2 N–H and O–H groups in total. The van der Waals surface area contributed by atoms with Crippen molar-refractivity contribution in [3.8, 4) is 0 Å². The van der Waals surface area contributed by atoms with Gasteiger partial charge in [0.15, 0.2) is 0 Å². The molecule has 0 saturated heterocycles. The predicted octanol–water partition coefficient (Wildman–Crippen LogP) is 2.29. The molecule has 4 unspecified atom stereocenters. The Balaban J connectivity index is 1.93. The van der Waals surface area contributed by atoms with Crippen LogP contribution in [0, 0.1) is 17.8 Å². The van der Waals surface area contributed by atoms with E-state index in [1.54, 1.807) is 0 Å². The Hall–Kier alpha value is -0.630. The molecule has 0 amide bonds. The number of Topliss-reactive ketones (excluding diaryl/α,β-unsaturated/α-hetero) is 1. The number of carbonyl (C=O) groups is 1. The molecule has 0 spiro atoms. The van der Waals surface area contributed by atoms with Crippen molar-refractivity contribution in [3.63, 3.8) is 0 Å². The van der Waals surface area contributed by atoms with Gasteiger partial charge in [0.25, 0.3) is 0 Å². The first-order chi connectivity index (χ1) is 7.09. The topological polar surface area (TPSA) is 43.1 Å². The Morgan fingerprint density at radius 3 is 2.53 bits per heavy atom. The van der Waals surface area contributed by atoms with Crippen LogP contribution in [-0.2, 0) is 4.79 Å². The summed E-state index contributed by atoms with van der Waals surface area (Å²) in [5.74, 6) is 1.79. The molecule has 84 valence electrons. The van der Waals surface area contributed by atoms with Crippen LogP contribution in [0.25, 0.3) is 0 Å². The van der Waals surface area contributed by atoms with Crippen molar-refractivity contribution in [2.75, 3.05) is 0 Å². The van der Waals surface area contributed by atoms with Gasteiger partial charge < -0.3 is 5.73 Å². The molecule has 2 heteroatoms. The van der Waals surface area contributed by atoms with Crippen LogP contribution in [0.1, 0.15) is 39.0 Å². The number of ketones is 1. The molecular formula is C13H21NO. The van der Waals surface area contributed by atoms with Crippen molar-refractivity contribution >= 4 is 5.78 Å². The van der Waals surface area contributed by atoms with Gasteiger partial charge in [-0.2, -0.15) is 0 Å².